The minimum Gasteiger partial charge on any atom is -0.382 e. The van der Waals surface area contributed by atoms with E-state index in [4.69, 9.17) is 5.73 Å². The van der Waals surface area contributed by atoms with E-state index >= 15 is 0 Å². The topological polar surface area (TPSA) is 115 Å². The number of nitrogen functional groups attached to an aromatic ring is 1. The average Bonchev–Trinajstić information content (AvgIpc) is 2.68. The molecule has 0 aliphatic heterocycles. The molecule has 0 radical (unpaired) electrons. The van der Waals surface area contributed by atoms with Crippen molar-refractivity contribution in [1.82, 2.24) is 9.97 Å². The van der Waals surface area contributed by atoms with Crippen LogP contribution in [0.4, 0.5) is 15.9 Å². The SMILES string of the molecule is Cc1ccc(S(=O)(=O)c2cnc(SCC(=O)Nc3cccc(F)c3)nc2N)cc1C. The van der Waals surface area contributed by atoms with E-state index in [-0.39, 0.29) is 32.4 Å². The highest BCUT2D eigenvalue weighted by Crippen LogP contribution is 2.27. The zero-order valence-corrected chi connectivity index (χ0v) is 17.8. The number of thioether (sulfide) groups is 1. The van der Waals surface area contributed by atoms with Crippen molar-refractivity contribution in [2.45, 2.75) is 28.8 Å². The molecule has 30 heavy (non-hydrogen) atoms. The Morgan fingerprint density at radius 1 is 1.17 bits per heavy atom. The molecule has 0 fully saturated rings. The second-order valence-corrected chi connectivity index (χ2v) is 9.36. The van der Waals surface area contributed by atoms with Crippen LogP contribution in [0.15, 0.2) is 63.6 Å². The molecule has 0 spiro atoms. The summed E-state index contributed by atoms with van der Waals surface area (Å²) in [5.41, 5.74) is 8.02. The van der Waals surface area contributed by atoms with Crippen molar-refractivity contribution >= 4 is 39.0 Å². The Hall–Kier alpha value is -2.98. The molecule has 0 saturated carbocycles. The number of aryl methyl sites for hydroxylation is 2. The lowest BCUT2D eigenvalue weighted by Gasteiger charge is -2.10. The van der Waals surface area contributed by atoms with E-state index < -0.39 is 15.7 Å². The summed E-state index contributed by atoms with van der Waals surface area (Å²) >= 11 is 0.983. The van der Waals surface area contributed by atoms with Crippen molar-refractivity contribution in [1.29, 1.82) is 0 Å². The van der Waals surface area contributed by atoms with Gasteiger partial charge in [-0.15, -0.1) is 0 Å². The molecule has 0 bridgehead atoms. The van der Waals surface area contributed by atoms with Gasteiger partial charge in [-0.1, -0.05) is 23.9 Å². The quantitative estimate of drug-likeness (QED) is 0.441. The summed E-state index contributed by atoms with van der Waals surface area (Å²) < 4.78 is 38.9. The van der Waals surface area contributed by atoms with Crippen molar-refractivity contribution in [3.63, 3.8) is 0 Å². The second kappa shape index (κ2) is 8.80. The average molecular weight is 447 g/mol. The number of rotatable bonds is 6. The van der Waals surface area contributed by atoms with E-state index in [9.17, 15) is 17.6 Å². The molecule has 3 aromatic rings. The fraction of sp³-hybridized carbons (Fsp3) is 0.150. The van der Waals surface area contributed by atoms with Gasteiger partial charge in [0.05, 0.1) is 16.8 Å². The zero-order valence-electron chi connectivity index (χ0n) is 16.2. The van der Waals surface area contributed by atoms with Crippen LogP contribution in [-0.4, -0.2) is 30.0 Å². The first-order chi connectivity index (χ1) is 14.2. The van der Waals surface area contributed by atoms with Crippen LogP contribution in [-0.2, 0) is 14.6 Å². The van der Waals surface area contributed by atoms with Crippen molar-refractivity contribution in [3.05, 3.63) is 65.6 Å². The van der Waals surface area contributed by atoms with E-state index in [0.29, 0.717) is 5.69 Å². The van der Waals surface area contributed by atoms with E-state index in [2.05, 4.69) is 15.3 Å². The number of carbonyl (C=O) groups excluding carboxylic acids is 1. The number of halogens is 1. The van der Waals surface area contributed by atoms with Gasteiger partial charge in [0.2, 0.25) is 15.7 Å². The number of hydrogen-bond acceptors (Lipinski definition) is 7. The number of nitrogens with one attached hydrogen (secondary N) is 1. The minimum atomic E-state index is -3.88. The summed E-state index contributed by atoms with van der Waals surface area (Å²) in [7, 11) is -3.88. The van der Waals surface area contributed by atoms with Gasteiger partial charge in [0.15, 0.2) is 5.16 Å². The second-order valence-electron chi connectivity index (χ2n) is 6.50. The molecule has 3 rings (SSSR count). The number of benzene rings is 2. The number of aromatic nitrogens is 2. The Labute approximate surface area is 177 Å². The Balaban J connectivity index is 1.71. The van der Waals surface area contributed by atoms with Crippen molar-refractivity contribution in [2.24, 2.45) is 0 Å². The highest BCUT2D eigenvalue weighted by molar-refractivity contribution is 7.99. The smallest absolute Gasteiger partial charge is 0.234 e. The maximum Gasteiger partial charge on any atom is 0.234 e. The van der Waals surface area contributed by atoms with Crippen LogP contribution < -0.4 is 11.1 Å². The van der Waals surface area contributed by atoms with Crippen LogP contribution in [0.25, 0.3) is 0 Å². The van der Waals surface area contributed by atoms with Gasteiger partial charge in [-0.05, 0) is 55.3 Å². The van der Waals surface area contributed by atoms with Crippen LogP contribution in [0.3, 0.4) is 0 Å². The molecular formula is C20H19FN4O3S2. The summed E-state index contributed by atoms with van der Waals surface area (Å²) in [5.74, 6) is -1.10. The van der Waals surface area contributed by atoms with Gasteiger partial charge >= 0.3 is 0 Å². The lowest BCUT2D eigenvalue weighted by atomic mass is 10.1. The molecule has 1 heterocycles. The predicted molar refractivity (Wildman–Crippen MR) is 114 cm³/mol. The monoisotopic (exact) mass is 446 g/mol. The van der Waals surface area contributed by atoms with Gasteiger partial charge in [0.25, 0.3) is 0 Å². The number of carbonyl (C=O) groups is 1. The van der Waals surface area contributed by atoms with Gasteiger partial charge in [-0.3, -0.25) is 4.79 Å². The van der Waals surface area contributed by atoms with Gasteiger partial charge in [-0.2, -0.15) is 0 Å². The predicted octanol–water partition coefficient (Wildman–Crippen LogP) is 3.38. The Bertz CT molecular complexity index is 1220. The van der Waals surface area contributed by atoms with Crippen LogP contribution >= 0.6 is 11.8 Å². The van der Waals surface area contributed by atoms with E-state index in [1.54, 1.807) is 18.2 Å². The summed E-state index contributed by atoms with van der Waals surface area (Å²) in [5, 5.41) is 2.71. The number of sulfone groups is 1. The van der Waals surface area contributed by atoms with Gasteiger partial charge in [0, 0.05) is 5.69 Å². The van der Waals surface area contributed by atoms with Crippen LogP contribution in [0.1, 0.15) is 11.1 Å². The molecule has 0 aliphatic rings. The largest absolute Gasteiger partial charge is 0.382 e. The molecule has 7 nitrogen and oxygen atoms in total. The summed E-state index contributed by atoms with van der Waals surface area (Å²) in [6.45, 7) is 3.71. The molecule has 2 aromatic carbocycles. The first-order valence-corrected chi connectivity index (χ1v) is 11.3. The van der Waals surface area contributed by atoms with E-state index in [1.807, 2.05) is 13.8 Å². The number of amides is 1. The normalized spacial score (nSPS) is 11.3. The molecule has 0 unspecified atom stereocenters. The molecule has 3 N–H and O–H groups in total. The maximum absolute atomic E-state index is 13.2. The van der Waals surface area contributed by atoms with E-state index in [0.717, 1.165) is 29.1 Å². The molecule has 156 valence electrons. The number of anilines is 2. The summed E-state index contributed by atoms with van der Waals surface area (Å²) in [6.07, 6.45) is 1.14. The minimum absolute atomic E-state index is 0.0563. The molecule has 1 aromatic heterocycles. The Kier molecular flexibility index (Phi) is 6.37. The van der Waals surface area contributed by atoms with Crippen molar-refractivity contribution < 1.29 is 17.6 Å². The third-order valence-corrected chi connectivity index (χ3v) is 6.91. The highest BCUT2D eigenvalue weighted by atomic mass is 32.2. The first-order valence-electron chi connectivity index (χ1n) is 8.80. The zero-order chi connectivity index (χ0) is 21.9. The fourth-order valence-corrected chi connectivity index (χ4v) is 4.51. The standard InChI is InChI=1S/C20H19FN4O3S2/c1-12-6-7-16(8-13(12)2)30(27,28)17-10-23-20(25-19(17)22)29-11-18(26)24-15-5-3-4-14(21)9-15/h3-10H,11H2,1-2H3,(H,24,26)(H2,22,23,25). The molecule has 0 saturated heterocycles. The summed E-state index contributed by atoms with van der Waals surface area (Å²) in [4.78, 5) is 20.0. The molecular weight excluding hydrogens is 427 g/mol. The first kappa shape index (κ1) is 21.7. The Morgan fingerprint density at radius 3 is 2.60 bits per heavy atom. The molecule has 0 aliphatic carbocycles. The van der Waals surface area contributed by atoms with Crippen LogP contribution in [0, 0.1) is 19.7 Å². The van der Waals surface area contributed by atoms with Gasteiger partial charge in [-0.25, -0.2) is 22.8 Å². The summed E-state index contributed by atoms with van der Waals surface area (Å²) in [6, 6.07) is 10.3. The van der Waals surface area contributed by atoms with Crippen LogP contribution in [0.5, 0.6) is 0 Å². The number of nitrogens with two attached hydrogens (primary N) is 1. The lowest BCUT2D eigenvalue weighted by Crippen LogP contribution is -2.15. The van der Waals surface area contributed by atoms with Crippen molar-refractivity contribution in [3.8, 4) is 0 Å². The highest BCUT2D eigenvalue weighted by Gasteiger charge is 2.23. The number of hydrogen-bond donors (Lipinski definition) is 2. The van der Waals surface area contributed by atoms with E-state index in [1.165, 1.54) is 24.3 Å². The number of nitrogens with zero attached hydrogens (tertiary/aromatic N) is 2. The third-order valence-electron chi connectivity index (χ3n) is 4.28. The maximum atomic E-state index is 13.2. The van der Waals surface area contributed by atoms with Crippen LogP contribution in [0.2, 0.25) is 0 Å². The van der Waals surface area contributed by atoms with Gasteiger partial charge in [0.1, 0.15) is 16.5 Å². The lowest BCUT2D eigenvalue weighted by molar-refractivity contribution is -0.113. The third kappa shape index (κ3) is 4.95. The van der Waals surface area contributed by atoms with Gasteiger partial charge < -0.3 is 11.1 Å². The Morgan fingerprint density at radius 2 is 1.93 bits per heavy atom. The van der Waals surface area contributed by atoms with Crippen molar-refractivity contribution in [2.75, 3.05) is 16.8 Å². The molecule has 0 atom stereocenters. The fourth-order valence-electron chi connectivity index (χ4n) is 2.55. The molecule has 10 heteroatoms. The molecule has 1 amide bonds.